The third-order valence-electron chi connectivity index (χ3n) is 5.87. The molecule has 1 aliphatic rings. The fourth-order valence-corrected chi connectivity index (χ4v) is 4.07. The molecule has 0 radical (unpaired) electrons. The van der Waals surface area contributed by atoms with Crippen molar-refractivity contribution >= 4 is 17.2 Å². The highest BCUT2D eigenvalue weighted by molar-refractivity contribution is 5.94. The first-order valence-corrected chi connectivity index (χ1v) is 9.94. The minimum atomic E-state index is -0.0208. The van der Waals surface area contributed by atoms with Crippen LogP contribution in [0.2, 0.25) is 0 Å². The van der Waals surface area contributed by atoms with E-state index in [0.717, 1.165) is 46.6 Å². The van der Waals surface area contributed by atoms with E-state index in [1.165, 1.54) is 0 Å². The van der Waals surface area contributed by atoms with Crippen molar-refractivity contribution in [3.05, 3.63) is 84.6 Å². The Bertz CT molecular complexity index is 1190. The van der Waals surface area contributed by atoms with Crippen LogP contribution in [0.1, 0.15) is 31.4 Å². The minimum Gasteiger partial charge on any atom is -0.326 e. The van der Waals surface area contributed by atoms with Crippen LogP contribution < -0.4 is 5.32 Å². The van der Waals surface area contributed by atoms with Crippen LogP contribution in [0.4, 0.5) is 5.69 Å². The van der Waals surface area contributed by atoms with Gasteiger partial charge in [-0.3, -0.25) is 9.78 Å². The molecule has 0 aliphatic heterocycles. The molecule has 0 unspecified atom stereocenters. The topological polar surface area (TPSA) is 59.3 Å². The molecule has 1 aromatic carbocycles. The minimum absolute atomic E-state index is 0. The molecule has 5 heteroatoms. The monoisotopic (exact) mass is 384 g/mol. The summed E-state index contributed by atoms with van der Waals surface area (Å²) >= 11 is 0. The van der Waals surface area contributed by atoms with Crippen molar-refractivity contribution < 1.29 is 6.22 Å². The largest absolute Gasteiger partial charge is 0.326 e. The van der Waals surface area contributed by atoms with Gasteiger partial charge >= 0.3 is 0 Å². The first-order chi connectivity index (χ1) is 14.2. The number of pyridine rings is 1. The zero-order valence-corrected chi connectivity index (χ0v) is 16.2. The van der Waals surface area contributed by atoms with E-state index in [-0.39, 0.29) is 19.2 Å². The molecule has 5 nitrogen and oxygen atoms in total. The van der Waals surface area contributed by atoms with Gasteiger partial charge in [0.2, 0.25) is 5.91 Å². The summed E-state index contributed by atoms with van der Waals surface area (Å²) in [5.41, 5.74) is 5.98. The van der Waals surface area contributed by atoms with Gasteiger partial charge in [-0.1, -0.05) is 12.1 Å². The molecule has 29 heavy (non-hydrogen) atoms. The van der Waals surface area contributed by atoms with Crippen molar-refractivity contribution in [2.75, 3.05) is 5.32 Å². The van der Waals surface area contributed by atoms with Gasteiger partial charge < -0.3 is 9.72 Å². The van der Waals surface area contributed by atoms with Crippen LogP contribution in [-0.4, -0.2) is 20.3 Å². The maximum absolute atomic E-state index is 12.9. The SMILES string of the molecule is Cc1ccc(NC(=O)[C@H]2CC[C@@H]2c2ccccn2)cc1-c1cnc2cccn2c1.[HH]. The Labute approximate surface area is 170 Å². The van der Waals surface area contributed by atoms with Gasteiger partial charge in [0.15, 0.2) is 0 Å². The van der Waals surface area contributed by atoms with Crippen LogP contribution in [0.15, 0.2) is 73.3 Å². The summed E-state index contributed by atoms with van der Waals surface area (Å²) in [6.07, 6.45) is 9.65. The molecule has 1 amide bonds. The number of aromatic nitrogens is 3. The molecular formula is C24H24N4O. The summed E-state index contributed by atoms with van der Waals surface area (Å²) in [6, 6.07) is 15.9. The lowest BCUT2D eigenvalue weighted by Gasteiger charge is -2.35. The second kappa shape index (κ2) is 7.17. The van der Waals surface area contributed by atoms with E-state index >= 15 is 0 Å². The molecule has 0 spiro atoms. The standard InChI is InChI=1S/C24H22N4O.H2/c1-16-7-8-18(13-21(16)17-14-26-23-6-4-12-28(23)15-17)27-24(29)20-10-9-19(20)22-5-2-3-11-25-22;/h2-8,11-15,19-20H,9-10H2,1H3,(H,27,29);1H/t19-,20-;/m0./s1. The normalized spacial score (nSPS) is 18.4. The van der Waals surface area contributed by atoms with Gasteiger partial charge in [0.25, 0.3) is 0 Å². The number of nitrogens with one attached hydrogen (secondary N) is 1. The van der Waals surface area contributed by atoms with E-state index in [9.17, 15) is 4.79 Å². The molecular weight excluding hydrogens is 360 g/mol. The van der Waals surface area contributed by atoms with Gasteiger partial charge in [-0.05, 0) is 67.3 Å². The van der Waals surface area contributed by atoms with Gasteiger partial charge in [-0.25, -0.2) is 4.98 Å². The Hall–Kier alpha value is -3.47. The number of benzene rings is 1. The van der Waals surface area contributed by atoms with Gasteiger partial charge in [-0.2, -0.15) is 0 Å². The average Bonchev–Trinajstić information content (AvgIpc) is 3.17. The Morgan fingerprint density at radius 3 is 2.86 bits per heavy atom. The molecule has 5 rings (SSSR count). The van der Waals surface area contributed by atoms with Crippen LogP contribution >= 0.6 is 0 Å². The third-order valence-corrected chi connectivity index (χ3v) is 5.87. The summed E-state index contributed by atoms with van der Waals surface area (Å²) in [6.45, 7) is 2.07. The van der Waals surface area contributed by atoms with E-state index in [1.54, 1.807) is 6.20 Å². The average molecular weight is 384 g/mol. The Morgan fingerprint density at radius 1 is 1.14 bits per heavy atom. The molecule has 146 valence electrons. The van der Waals surface area contributed by atoms with Crippen LogP contribution in [0.3, 0.4) is 0 Å². The van der Waals surface area contributed by atoms with E-state index in [4.69, 9.17) is 0 Å². The molecule has 2 atom stereocenters. The second-order valence-electron chi connectivity index (χ2n) is 7.68. The molecule has 4 aromatic rings. The van der Waals surface area contributed by atoms with Crippen LogP contribution in [-0.2, 0) is 4.79 Å². The van der Waals surface area contributed by atoms with Crippen molar-refractivity contribution in [1.82, 2.24) is 14.4 Å². The Balaban J connectivity index is 0.00000218. The summed E-state index contributed by atoms with van der Waals surface area (Å²) < 4.78 is 2.01. The lowest BCUT2D eigenvalue weighted by atomic mass is 9.71. The number of amides is 1. The van der Waals surface area contributed by atoms with Gasteiger partial charge in [0.1, 0.15) is 5.65 Å². The number of carbonyl (C=O) groups is 1. The molecule has 0 saturated heterocycles. The first-order valence-electron chi connectivity index (χ1n) is 9.94. The number of hydrogen-bond donors (Lipinski definition) is 1. The molecule has 3 heterocycles. The van der Waals surface area contributed by atoms with Gasteiger partial charge in [0.05, 0.1) is 0 Å². The smallest absolute Gasteiger partial charge is 0.228 e. The number of carbonyl (C=O) groups excluding carboxylic acids is 1. The molecule has 1 fully saturated rings. The predicted octanol–water partition coefficient (Wildman–Crippen LogP) is 5.08. The number of aryl methyl sites for hydroxylation is 1. The van der Waals surface area contributed by atoms with Crippen LogP contribution in [0.25, 0.3) is 16.8 Å². The van der Waals surface area contributed by atoms with E-state index in [0.29, 0.717) is 0 Å². The van der Waals surface area contributed by atoms with Crippen molar-refractivity contribution in [3.63, 3.8) is 0 Å². The quantitative estimate of drug-likeness (QED) is 0.534. The number of fused-ring (bicyclic) bond motifs is 1. The zero-order valence-electron chi connectivity index (χ0n) is 16.2. The number of hydrogen-bond acceptors (Lipinski definition) is 3. The van der Waals surface area contributed by atoms with Crippen molar-refractivity contribution in [2.45, 2.75) is 25.7 Å². The highest BCUT2D eigenvalue weighted by atomic mass is 16.1. The van der Waals surface area contributed by atoms with E-state index < -0.39 is 0 Å². The van der Waals surface area contributed by atoms with Crippen LogP contribution in [0, 0.1) is 12.8 Å². The van der Waals surface area contributed by atoms with Crippen molar-refractivity contribution in [3.8, 4) is 11.1 Å². The number of rotatable bonds is 4. The Morgan fingerprint density at radius 2 is 2.07 bits per heavy atom. The fraction of sp³-hybridized carbons (Fsp3) is 0.208. The highest BCUT2D eigenvalue weighted by Gasteiger charge is 2.38. The summed E-state index contributed by atoms with van der Waals surface area (Å²) in [5, 5.41) is 3.12. The van der Waals surface area contributed by atoms with Gasteiger partial charge in [0, 0.05) is 55.0 Å². The summed E-state index contributed by atoms with van der Waals surface area (Å²) in [5.74, 6) is 0.259. The third kappa shape index (κ3) is 3.29. The first kappa shape index (κ1) is 17.6. The number of nitrogens with zero attached hydrogens (tertiary/aromatic N) is 3. The lowest BCUT2D eigenvalue weighted by Crippen LogP contribution is -2.35. The molecule has 1 saturated carbocycles. The maximum atomic E-state index is 12.9. The number of anilines is 1. The maximum Gasteiger partial charge on any atom is 0.228 e. The molecule has 1 aliphatic carbocycles. The second-order valence-corrected chi connectivity index (χ2v) is 7.68. The Kier molecular flexibility index (Phi) is 4.35. The van der Waals surface area contributed by atoms with Crippen molar-refractivity contribution in [2.24, 2.45) is 5.92 Å². The fourth-order valence-electron chi connectivity index (χ4n) is 4.07. The summed E-state index contributed by atoms with van der Waals surface area (Å²) in [4.78, 5) is 21.8. The van der Waals surface area contributed by atoms with Crippen LogP contribution in [0.5, 0.6) is 0 Å². The lowest BCUT2D eigenvalue weighted by molar-refractivity contribution is -0.123. The van der Waals surface area contributed by atoms with E-state index in [2.05, 4.69) is 28.4 Å². The zero-order chi connectivity index (χ0) is 19.8. The molecule has 3 aromatic heterocycles. The summed E-state index contributed by atoms with van der Waals surface area (Å²) in [7, 11) is 0. The molecule has 1 N–H and O–H groups in total. The van der Waals surface area contributed by atoms with Crippen molar-refractivity contribution in [1.29, 1.82) is 0 Å². The van der Waals surface area contributed by atoms with Gasteiger partial charge in [-0.15, -0.1) is 0 Å². The molecule has 0 bridgehead atoms. The predicted molar refractivity (Wildman–Crippen MR) is 116 cm³/mol. The highest BCUT2D eigenvalue weighted by Crippen LogP contribution is 2.42. The van der Waals surface area contributed by atoms with E-state index in [1.807, 2.05) is 65.3 Å².